The second-order valence-corrected chi connectivity index (χ2v) is 7.52. The highest BCUT2D eigenvalue weighted by Crippen LogP contribution is 2.32. The van der Waals surface area contributed by atoms with Gasteiger partial charge in [-0.25, -0.2) is 0 Å². The maximum atomic E-state index is 12.7. The molecule has 1 aromatic rings. The Balaban J connectivity index is 2.03. The summed E-state index contributed by atoms with van der Waals surface area (Å²) in [5, 5.41) is -0.0270. The van der Waals surface area contributed by atoms with Gasteiger partial charge in [0.25, 0.3) is 0 Å². The maximum Gasteiger partial charge on any atom is 0.236 e. The Morgan fingerprint density at radius 3 is 2.90 bits per heavy atom. The molecule has 0 bridgehead atoms. The molecule has 1 heterocycles. The number of rotatable bonds is 4. The molecule has 0 radical (unpaired) electrons. The van der Waals surface area contributed by atoms with Crippen molar-refractivity contribution in [1.82, 2.24) is 4.90 Å². The third kappa shape index (κ3) is 3.79. The summed E-state index contributed by atoms with van der Waals surface area (Å²) in [6, 6.07) is 8.54. The number of carbonyl (C=O) groups excluding carboxylic acids is 1. The Morgan fingerprint density at radius 1 is 1.45 bits per heavy atom. The second-order valence-electron chi connectivity index (χ2n) is 5.28. The van der Waals surface area contributed by atoms with Crippen LogP contribution >= 0.6 is 27.7 Å². The van der Waals surface area contributed by atoms with Crippen molar-refractivity contribution in [2.24, 2.45) is 0 Å². The molecule has 2 atom stereocenters. The molecule has 1 aliphatic rings. The van der Waals surface area contributed by atoms with Crippen molar-refractivity contribution >= 4 is 33.6 Å². The van der Waals surface area contributed by atoms with E-state index in [0.29, 0.717) is 6.04 Å². The monoisotopic (exact) mass is 355 g/mol. The maximum absolute atomic E-state index is 12.7. The van der Waals surface area contributed by atoms with E-state index < -0.39 is 0 Å². The third-order valence-corrected chi connectivity index (χ3v) is 5.99. The van der Waals surface area contributed by atoms with Crippen LogP contribution in [0.1, 0.15) is 39.5 Å². The summed E-state index contributed by atoms with van der Waals surface area (Å²) in [7, 11) is 0. The van der Waals surface area contributed by atoms with E-state index in [2.05, 4.69) is 33.8 Å². The second kappa shape index (κ2) is 7.51. The van der Waals surface area contributed by atoms with E-state index in [1.54, 1.807) is 11.8 Å². The normalized spacial score (nSPS) is 20.8. The topological polar surface area (TPSA) is 20.3 Å². The lowest BCUT2D eigenvalue weighted by Gasteiger charge is -2.36. The zero-order valence-corrected chi connectivity index (χ0v) is 14.5. The predicted octanol–water partition coefficient (Wildman–Crippen LogP) is 4.72. The van der Waals surface area contributed by atoms with Crippen LogP contribution < -0.4 is 0 Å². The van der Waals surface area contributed by atoms with Crippen molar-refractivity contribution < 1.29 is 4.79 Å². The lowest BCUT2D eigenvalue weighted by molar-refractivity contribution is -0.134. The fourth-order valence-electron chi connectivity index (χ4n) is 2.73. The molecule has 2 rings (SSSR count). The molecule has 0 N–H and O–H groups in total. The van der Waals surface area contributed by atoms with Crippen LogP contribution in [0.5, 0.6) is 0 Å². The van der Waals surface area contributed by atoms with E-state index >= 15 is 0 Å². The number of halogens is 1. The highest BCUT2D eigenvalue weighted by atomic mass is 79.9. The number of benzene rings is 1. The molecule has 0 spiro atoms. The van der Waals surface area contributed by atoms with Crippen molar-refractivity contribution in [3.8, 4) is 0 Å². The minimum absolute atomic E-state index is 0.0270. The van der Waals surface area contributed by atoms with E-state index in [1.807, 2.05) is 25.1 Å². The van der Waals surface area contributed by atoms with Gasteiger partial charge in [-0.15, -0.1) is 11.8 Å². The molecular weight excluding hydrogens is 334 g/mol. The number of hydrogen-bond acceptors (Lipinski definition) is 2. The van der Waals surface area contributed by atoms with Crippen molar-refractivity contribution in [1.29, 1.82) is 0 Å². The van der Waals surface area contributed by atoms with E-state index in [0.717, 1.165) is 35.2 Å². The van der Waals surface area contributed by atoms with Crippen LogP contribution in [0.2, 0.25) is 0 Å². The molecule has 110 valence electrons. The first-order valence-corrected chi connectivity index (χ1v) is 9.02. The summed E-state index contributed by atoms with van der Waals surface area (Å²) >= 11 is 5.20. The lowest BCUT2D eigenvalue weighted by atomic mass is 10.00. The first kappa shape index (κ1) is 15.9. The van der Waals surface area contributed by atoms with Gasteiger partial charge >= 0.3 is 0 Å². The zero-order valence-electron chi connectivity index (χ0n) is 12.1. The number of thioether (sulfide) groups is 1. The van der Waals surface area contributed by atoms with Gasteiger partial charge in [0.2, 0.25) is 5.91 Å². The average molecular weight is 356 g/mol. The highest BCUT2D eigenvalue weighted by Gasteiger charge is 2.29. The van der Waals surface area contributed by atoms with Crippen molar-refractivity contribution in [2.75, 3.05) is 6.54 Å². The molecule has 4 heteroatoms. The summed E-state index contributed by atoms with van der Waals surface area (Å²) in [5.41, 5.74) is 0. The van der Waals surface area contributed by atoms with E-state index in [4.69, 9.17) is 0 Å². The molecule has 1 aliphatic heterocycles. The largest absolute Gasteiger partial charge is 0.339 e. The summed E-state index contributed by atoms with van der Waals surface area (Å²) < 4.78 is 1.07. The van der Waals surface area contributed by atoms with Gasteiger partial charge in [0.1, 0.15) is 0 Å². The van der Waals surface area contributed by atoms with Gasteiger partial charge in [-0.05, 0) is 60.7 Å². The summed E-state index contributed by atoms with van der Waals surface area (Å²) in [6.45, 7) is 5.13. The van der Waals surface area contributed by atoms with Crippen LogP contribution in [0.15, 0.2) is 33.6 Å². The first-order chi connectivity index (χ1) is 9.63. The van der Waals surface area contributed by atoms with Gasteiger partial charge in [-0.3, -0.25) is 4.79 Å². The van der Waals surface area contributed by atoms with Crippen LogP contribution in [0.4, 0.5) is 0 Å². The predicted molar refractivity (Wildman–Crippen MR) is 89.1 cm³/mol. The summed E-state index contributed by atoms with van der Waals surface area (Å²) in [5.74, 6) is 0.289. The third-order valence-electron chi connectivity index (χ3n) is 3.87. The molecule has 0 aliphatic carbocycles. The SMILES string of the molecule is CCC1CCCCN1C(=O)C(C)Sc1ccccc1Br. The van der Waals surface area contributed by atoms with Crippen molar-refractivity contribution in [3.63, 3.8) is 0 Å². The molecule has 0 saturated carbocycles. The van der Waals surface area contributed by atoms with Crippen LogP contribution in [-0.4, -0.2) is 28.6 Å². The summed E-state index contributed by atoms with van der Waals surface area (Å²) in [4.78, 5) is 15.9. The molecule has 1 fully saturated rings. The van der Waals surface area contributed by atoms with E-state index in [1.165, 1.54) is 6.42 Å². The van der Waals surface area contributed by atoms with Gasteiger partial charge in [0.05, 0.1) is 5.25 Å². The number of likely N-dealkylation sites (tertiary alicyclic amines) is 1. The summed E-state index contributed by atoms with van der Waals surface area (Å²) in [6.07, 6.45) is 4.63. The van der Waals surface area contributed by atoms with Crippen molar-refractivity contribution in [2.45, 2.75) is 55.7 Å². The molecule has 1 saturated heterocycles. The molecule has 1 amide bonds. The number of piperidine rings is 1. The Bertz CT molecular complexity index is 466. The number of hydrogen-bond donors (Lipinski definition) is 0. The Hall–Kier alpha value is -0.480. The number of carbonyl (C=O) groups is 1. The average Bonchev–Trinajstić information content (AvgIpc) is 2.48. The highest BCUT2D eigenvalue weighted by molar-refractivity contribution is 9.10. The number of nitrogens with zero attached hydrogens (tertiary/aromatic N) is 1. The minimum atomic E-state index is -0.0270. The van der Waals surface area contributed by atoms with Gasteiger partial charge < -0.3 is 4.90 Å². The first-order valence-electron chi connectivity index (χ1n) is 7.35. The molecule has 2 unspecified atom stereocenters. The fraction of sp³-hybridized carbons (Fsp3) is 0.562. The smallest absolute Gasteiger partial charge is 0.236 e. The van der Waals surface area contributed by atoms with Gasteiger partial charge in [0, 0.05) is 22.0 Å². The van der Waals surface area contributed by atoms with Crippen LogP contribution in [-0.2, 0) is 4.79 Å². The van der Waals surface area contributed by atoms with Gasteiger partial charge in [0.15, 0.2) is 0 Å². The molecule has 20 heavy (non-hydrogen) atoms. The van der Waals surface area contributed by atoms with Crippen LogP contribution in [0.3, 0.4) is 0 Å². The quantitative estimate of drug-likeness (QED) is 0.728. The van der Waals surface area contributed by atoms with Crippen molar-refractivity contribution in [3.05, 3.63) is 28.7 Å². The minimum Gasteiger partial charge on any atom is -0.339 e. The van der Waals surface area contributed by atoms with Crippen LogP contribution in [0, 0.1) is 0 Å². The zero-order chi connectivity index (χ0) is 14.5. The van der Waals surface area contributed by atoms with Gasteiger partial charge in [-0.1, -0.05) is 19.1 Å². The Labute approximate surface area is 134 Å². The van der Waals surface area contributed by atoms with E-state index in [-0.39, 0.29) is 11.2 Å². The Kier molecular flexibility index (Phi) is 5.97. The number of amides is 1. The van der Waals surface area contributed by atoms with E-state index in [9.17, 15) is 4.79 Å². The lowest BCUT2D eigenvalue weighted by Crippen LogP contribution is -2.46. The molecular formula is C16H22BrNOS. The molecule has 1 aromatic carbocycles. The van der Waals surface area contributed by atoms with Gasteiger partial charge in [-0.2, -0.15) is 0 Å². The molecule has 0 aromatic heterocycles. The fourth-order valence-corrected chi connectivity index (χ4v) is 4.25. The standard InChI is InChI=1S/C16H22BrNOS/c1-3-13-8-6-7-11-18(13)16(19)12(2)20-15-10-5-4-9-14(15)17/h4-5,9-10,12-13H,3,6-8,11H2,1-2H3. The Morgan fingerprint density at radius 2 is 2.20 bits per heavy atom. The van der Waals surface area contributed by atoms with Crippen LogP contribution in [0.25, 0.3) is 0 Å². The molecule has 2 nitrogen and oxygen atoms in total.